The number of fused-ring (bicyclic) bond motifs is 1. The van der Waals surface area contributed by atoms with Crippen LogP contribution in [0.25, 0.3) is 0 Å². The van der Waals surface area contributed by atoms with Gasteiger partial charge in [-0.2, -0.15) is 0 Å². The lowest BCUT2D eigenvalue weighted by Crippen LogP contribution is -2.29. The van der Waals surface area contributed by atoms with E-state index in [0.717, 1.165) is 22.6 Å². The third-order valence-corrected chi connectivity index (χ3v) is 6.00. The maximum absolute atomic E-state index is 12.5. The fourth-order valence-corrected chi connectivity index (χ4v) is 4.23. The summed E-state index contributed by atoms with van der Waals surface area (Å²) >= 11 is 7.40. The molecule has 0 fully saturated rings. The molecule has 1 atom stereocenters. The number of aromatic nitrogens is 1. The second-order valence-electron chi connectivity index (χ2n) is 7.40. The highest BCUT2D eigenvalue weighted by atomic mass is 35.5. The molecule has 8 heteroatoms. The van der Waals surface area contributed by atoms with E-state index in [1.54, 1.807) is 11.4 Å². The number of hydrogen-bond donors (Lipinski definition) is 1. The van der Waals surface area contributed by atoms with Gasteiger partial charge in [0, 0.05) is 16.1 Å². The second kappa shape index (κ2) is 9.49. The van der Waals surface area contributed by atoms with Crippen LogP contribution in [-0.2, 0) is 33.8 Å². The first-order chi connectivity index (χ1) is 15.0. The molecule has 31 heavy (non-hydrogen) atoms. The van der Waals surface area contributed by atoms with Gasteiger partial charge < -0.3 is 14.8 Å². The lowest BCUT2D eigenvalue weighted by atomic mass is 9.97. The molecular weight excluding hydrogens is 436 g/mol. The number of carbonyl (C=O) groups is 2. The summed E-state index contributed by atoms with van der Waals surface area (Å²) in [7, 11) is 0. The first-order valence-electron chi connectivity index (χ1n) is 9.84. The van der Waals surface area contributed by atoms with Gasteiger partial charge in [-0.25, -0.2) is 4.98 Å². The van der Waals surface area contributed by atoms with Crippen LogP contribution in [0, 0.1) is 12.8 Å². The highest BCUT2D eigenvalue weighted by Crippen LogP contribution is 2.30. The van der Waals surface area contributed by atoms with E-state index in [2.05, 4.69) is 10.3 Å². The number of ether oxygens (including phenoxy) is 2. The van der Waals surface area contributed by atoms with E-state index in [0.29, 0.717) is 22.1 Å². The number of thiazole rings is 1. The Kier molecular flexibility index (Phi) is 6.53. The van der Waals surface area contributed by atoms with Gasteiger partial charge in [0.05, 0.1) is 18.0 Å². The number of aryl methyl sites for hydroxylation is 1. The zero-order chi connectivity index (χ0) is 21.8. The molecule has 3 aromatic rings. The molecule has 0 saturated carbocycles. The van der Waals surface area contributed by atoms with Gasteiger partial charge in [0.15, 0.2) is 0 Å². The quantitative estimate of drug-likeness (QED) is 0.549. The molecule has 2 heterocycles. The van der Waals surface area contributed by atoms with Crippen molar-refractivity contribution >= 4 is 40.5 Å². The standard InChI is InChI=1S/C23H21ClN2O4S/c1-14-2-5-18(6-3-14)25-21(27)10-22-26-19(13-31-22)12-30-23(28)16-8-15-9-17(24)4-7-20(15)29-11-16/h2-7,9,13,16H,8,10-12H2,1H3,(H,25,27). The maximum atomic E-state index is 12.5. The van der Waals surface area contributed by atoms with Crippen molar-refractivity contribution in [1.82, 2.24) is 4.98 Å². The van der Waals surface area contributed by atoms with Crippen molar-refractivity contribution in [1.29, 1.82) is 0 Å². The summed E-state index contributed by atoms with van der Waals surface area (Å²) in [5.74, 6) is -0.110. The highest BCUT2D eigenvalue weighted by Gasteiger charge is 2.27. The summed E-state index contributed by atoms with van der Waals surface area (Å²) in [4.78, 5) is 29.1. The maximum Gasteiger partial charge on any atom is 0.313 e. The Morgan fingerprint density at radius 1 is 1.26 bits per heavy atom. The number of nitrogens with zero attached hydrogens (tertiary/aromatic N) is 1. The summed E-state index contributed by atoms with van der Waals surface area (Å²) in [5.41, 5.74) is 3.40. The average Bonchev–Trinajstić information content (AvgIpc) is 3.20. The first kappa shape index (κ1) is 21.3. The Balaban J connectivity index is 1.26. The molecule has 0 saturated heterocycles. The molecule has 1 aliphatic heterocycles. The molecule has 6 nitrogen and oxygen atoms in total. The van der Waals surface area contributed by atoms with E-state index >= 15 is 0 Å². The predicted octanol–water partition coefficient (Wildman–Crippen LogP) is 4.58. The normalized spacial score (nSPS) is 15.0. The van der Waals surface area contributed by atoms with E-state index in [1.807, 2.05) is 43.3 Å². The molecule has 0 radical (unpaired) electrons. The Morgan fingerprint density at radius 3 is 2.87 bits per heavy atom. The molecule has 1 unspecified atom stereocenters. The van der Waals surface area contributed by atoms with Crippen molar-refractivity contribution in [2.45, 2.75) is 26.4 Å². The summed E-state index contributed by atoms with van der Waals surface area (Å²) in [5, 5.41) is 5.93. The van der Waals surface area contributed by atoms with Crippen molar-refractivity contribution in [3.8, 4) is 5.75 Å². The van der Waals surface area contributed by atoms with Crippen molar-refractivity contribution in [2.24, 2.45) is 5.92 Å². The van der Waals surface area contributed by atoms with Crippen molar-refractivity contribution < 1.29 is 19.1 Å². The topological polar surface area (TPSA) is 77.5 Å². The van der Waals surface area contributed by atoms with E-state index in [-0.39, 0.29) is 37.4 Å². The Hall–Kier alpha value is -2.90. The van der Waals surface area contributed by atoms with Crippen molar-refractivity contribution in [3.05, 3.63) is 74.7 Å². The minimum atomic E-state index is -0.385. The molecule has 1 amide bonds. The van der Waals surface area contributed by atoms with Crippen LogP contribution in [0.4, 0.5) is 5.69 Å². The molecule has 1 aliphatic rings. The minimum absolute atomic E-state index is 0.0633. The zero-order valence-corrected chi connectivity index (χ0v) is 18.5. The van der Waals surface area contributed by atoms with Gasteiger partial charge in [0.1, 0.15) is 24.0 Å². The van der Waals surface area contributed by atoms with E-state index in [1.165, 1.54) is 11.3 Å². The van der Waals surface area contributed by atoms with Crippen LogP contribution < -0.4 is 10.1 Å². The molecule has 0 spiro atoms. The van der Waals surface area contributed by atoms with Crippen LogP contribution in [0.15, 0.2) is 47.8 Å². The average molecular weight is 457 g/mol. The van der Waals surface area contributed by atoms with E-state index in [9.17, 15) is 9.59 Å². The number of amides is 1. The Bertz CT molecular complexity index is 1100. The number of halogens is 1. The monoisotopic (exact) mass is 456 g/mol. The number of rotatable bonds is 6. The number of nitrogens with one attached hydrogen (secondary N) is 1. The second-order valence-corrected chi connectivity index (χ2v) is 8.77. The summed E-state index contributed by atoms with van der Waals surface area (Å²) < 4.78 is 11.1. The Labute approximate surface area is 189 Å². The fourth-order valence-electron chi connectivity index (χ4n) is 3.25. The van der Waals surface area contributed by atoms with Crippen LogP contribution in [-0.4, -0.2) is 23.5 Å². The van der Waals surface area contributed by atoms with Crippen LogP contribution in [0.2, 0.25) is 5.02 Å². The lowest BCUT2D eigenvalue weighted by molar-refractivity contribution is -0.151. The van der Waals surface area contributed by atoms with Crippen LogP contribution in [0.5, 0.6) is 5.75 Å². The van der Waals surface area contributed by atoms with Crippen LogP contribution in [0.1, 0.15) is 21.8 Å². The van der Waals surface area contributed by atoms with Crippen molar-refractivity contribution in [3.63, 3.8) is 0 Å². The van der Waals surface area contributed by atoms with Crippen LogP contribution in [0.3, 0.4) is 0 Å². The number of esters is 1. The molecular formula is C23H21ClN2O4S. The number of anilines is 1. The third kappa shape index (κ3) is 5.62. The van der Waals surface area contributed by atoms with Gasteiger partial charge in [0.2, 0.25) is 5.91 Å². The predicted molar refractivity (Wildman–Crippen MR) is 120 cm³/mol. The lowest BCUT2D eigenvalue weighted by Gasteiger charge is -2.24. The molecule has 2 aromatic carbocycles. The van der Waals surface area contributed by atoms with Gasteiger partial charge in [-0.05, 0) is 49.2 Å². The van der Waals surface area contributed by atoms with E-state index in [4.69, 9.17) is 21.1 Å². The molecule has 0 aliphatic carbocycles. The van der Waals surface area contributed by atoms with Gasteiger partial charge in [-0.1, -0.05) is 29.3 Å². The molecule has 0 bridgehead atoms. The van der Waals surface area contributed by atoms with Crippen LogP contribution >= 0.6 is 22.9 Å². The Morgan fingerprint density at radius 2 is 2.06 bits per heavy atom. The molecule has 1 N–H and O–H groups in total. The SMILES string of the molecule is Cc1ccc(NC(=O)Cc2nc(COC(=O)C3COc4ccc(Cl)cc4C3)cs2)cc1. The highest BCUT2D eigenvalue weighted by molar-refractivity contribution is 7.09. The minimum Gasteiger partial charge on any atom is -0.492 e. The smallest absolute Gasteiger partial charge is 0.313 e. The third-order valence-electron chi connectivity index (χ3n) is 4.87. The summed E-state index contributed by atoms with van der Waals surface area (Å²) in [6.45, 7) is 2.33. The summed E-state index contributed by atoms with van der Waals surface area (Å²) in [6.07, 6.45) is 0.691. The van der Waals surface area contributed by atoms with Crippen molar-refractivity contribution in [2.75, 3.05) is 11.9 Å². The largest absolute Gasteiger partial charge is 0.492 e. The fraction of sp³-hybridized carbons (Fsp3) is 0.261. The number of benzene rings is 2. The number of carbonyl (C=O) groups excluding carboxylic acids is 2. The number of hydrogen-bond acceptors (Lipinski definition) is 6. The van der Waals surface area contributed by atoms with Gasteiger partial charge >= 0.3 is 5.97 Å². The van der Waals surface area contributed by atoms with Gasteiger partial charge in [-0.15, -0.1) is 11.3 Å². The molecule has 160 valence electrons. The summed E-state index contributed by atoms with van der Waals surface area (Å²) in [6, 6.07) is 13.0. The zero-order valence-electron chi connectivity index (χ0n) is 16.9. The first-order valence-corrected chi connectivity index (χ1v) is 11.1. The van der Waals surface area contributed by atoms with Gasteiger partial charge in [0.25, 0.3) is 0 Å². The van der Waals surface area contributed by atoms with E-state index < -0.39 is 0 Å². The molecule has 4 rings (SSSR count). The molecule has 1 aromatic heterocycles. The van der Waals surface area contributed by atoms with Gasteiger partial charge in [-0.3, -0.25) is 9.59 Å².